The summed E-state index contributed by atoms with van der Waals surface area (Å²) in [7, 11) is 0. The summed E-state index contributed by atoms with van der Waals surface area (Å²) >= 11 is 0. The van der Waals surface area contributed by atoms with Gasteiger partial charge in [-0.25, -0.2) is 0 Å². The van der Waals surface area contributed by atoms with E-state index in [4.69, 9.17) is 18.9 Å². The van der Waals surface area contributed by atoms with Crippen molar-refractivity contribution in [1.29, 1.82) is 0 Å². The molecular formula is C25H25NO5. The Morgan fingerprint density at radius 2 is 1.58 bits per heavy atom. The van der Waals surface area contributed by atoms with E-state index >= 15 is 0 Å². The van der Waals surface area contributed by atoms with E-state index in [1.165, 1.54) is 0 Å². The topological polar surface area (TPSA) is 66.0 Å². The Hall–Kier alpha value is -3.67. The molecule has 6 nitrogen and oxygen atoms in total. The lowest BCUT2D eigenvalue weighted by Crippen LogP contribution is -2.31. The molecule has 0 fully saturated rings. The van der Waals surface area contributed by atoms with Crippen LogP contribution >= 0.6 is 0 Å². The molecule has 0 bridgehead atoms. The molecule has 1 amide bonds. The Kier molecular flexibility index (Phi) is 6.57. The fraction of sp³-hybridized carbons (Fsp3) is 0.240. The molecule has 1 unspecified atom stereocenters. The van der Waals surface area contributed by atoms with E-state index in [1.807, 2.05) is 67.6 Å². The molecular weight excluding hydrogens is 394 g/mol. The second-order valence-electron chi connectivity index (χ2n) is 7.23. The minimum Gasteiger partial charge on any atom is -0.489 e. The number of ether oxygens (including phenoxy) is 4. The SMILES string of the molecule is CC(NC(=O)COc1ccc(OCc2ccccc2)cc1)c1ccc2c(c1)OCCO2. The van der Waals surface area contributed by atoms with Crippen molar-refractivity contribution >= 4 is 5.91 Å². The number of amides is 1. The van der Waals surface area contributed by atoms with E-state index in [2.05, 4.69) is 5.32 Å². The lowest BCUT2D eigenvalue weighted by molar-refractivity contribution is -0.123. The fourth-order valence-corrected chi connectivity index (χ4v) is 3.22. The van der Waals surface area contributed by atoms with Crippen LogP contribution < -0.4 is 24.3 Å². The molecule has 1 heterocycles. The van der Waals surface area contributed by atoms with Crippen molar-refractivity contribution in [2.45, 2.75) is 19.6 Å². The summed E-state index contributed by atoms with van der Waals surface area (Å²) in [6.07, 6.45) is 0. The van der Waals surface area contributed by atoms with Crippen molar-refractivity contribution in [3.63, 3.8) is 0 Å². The van der Waals surface area contributed by atoms with Gasteiger partial charge in [-0.3, -0.25) is 4.79 Å². The number of hydrogen-bond donors (Lipinski definition) is 1. The average molecular weight is 419 g/mol. The van der Waals surface area contributed by atoms with Gasteiger partial charge in [0.1, 0.15) is 31.3 Å². The third kappa shape index (κ3) is 5.69. The van der Waals surface area contributed by atoms with Crippen molar-refractivity contribution in [3.8, 4) is 23.0 Å². The molecule has 160 valence electrons. The molecule has 0 radical (unpaired) electrons. The van der Waals surface area contributed by atoms with E-state index in [0.717, 1.165) is 22.6 Å². The largest absolute Gasteiger partial charge is 0.489 e. The molecule has 1 atom stereocenters. The summed E-state index contributed by atoms with van der Waals surface area (Å²) in [4.78, 5) is 12.3. The van der Waals surface area contributed by atoms with Crippen LogP contribution in [0.3, 0.4) is 0 Å². The number of hydrogen-bond acceptors (Lipinski definition) is 5. The van der Waals surface area contributed by atoms with Gasteiger partial charge < -0.3 is 24.3 Å². The van der Waals surface area contributed by atoms with Gasteiger partial charge in [-0.15, -0.1) is 0 Å². The molecule has 0 saturated heterocycles. The van der Waals surface area contributed by atoms with Crippen LogP contribution in [0.15, 0.2) is 72.8 Å². The maximum atomic E-state index is 12.3. The zero-order valence-electron chi connectivity index (χ0n) is 17.4. The van der Waals surface area contributed by atoms with Gasteiger partial charge in [-0.05, 0) is 54.4 Å². The van der Waals surface area contributed by atoms with Gasteiger partial charge in [-0.1, -0.05) is 36.4 Å². The summed E-state index contributed by atoms with van der Waals surface area (Å²) in [6.45, 7) is 3.43. The van der Waals surface area contributed by atoms with Crippen molar-refractivity contribution in [3.05, 3.63) is 83.9 Å². The molecule has 0 spiro atoms. The third-order valence-corrected chi connectivity index (χ3v) is 4.89. The van der Waals surface area contributed by atoms with Gasteiger partial charge in [0.15, 0.2) is 18.1 Å². The van der Waals surface area contributed by atoms with Gasteiger partial charge in [0.2, 0.25) is 0 Å². The van der Waals surface area contributed by atoms with Crippen molar-refractivity contribution < 1.29 is 23.7 Å². The van der Waals surface area contributed by atoms with Gasteiger partial charge in [0.05, 0.1) is 6.04 Å². The summed E-state index contributed by atoms with van der Waals surface area (Å²) in [5.41, 5.74) is 2.05. The minimum absolute atomic E-state index is 0.0703. The molecule has 1 aliphatic rings. The Bertz CT molecular complexity index is 1000. The molecule has 31 heavy (non-hydrogen) atoms. The van der Waals surface area contributed by atoms with Gasteiger partial charge in [-0.2, -0.15) is 0 Å². The van der Waals surface area contributed by atoms with E-state index < -0.39 is 0 Å². The number of nitrogens with one attached hydrogen (secondary N) is 1. The summed E-state index contributed by atoms with van der Waals surface area (Å²) in [5.74, 6) is 2.58. The van der Waals surface area contributed by atoms with Crippen molar-refractivity contribution in [2.24, 2.45) is 0 Å². The van der Waals surface area contributed by atoms with E-state index in [0.29, 0.717) is 31.3 Å². The number of carbonyl (C=O) groups is 1. The zero-order chi connectivity index (χ0) is 21.5. The molecule has 6 heteroatoms. The Balaban J connectivity index is 1.24. The maximum absolute atomic E-state index is 12.3. The van der Waals surface area contributed by atoms with E-state index in [1.54, 1.807) is 12.1 Å². The van der Waals surface area contributed by atoms with Crippen LogP contribution in [0.1, 0.15) is 24.1 Å². The number of benzene rings is 3. The first-order valence-electron chi connectivity index (χ1n) is 10.3. The second-order valence-corrected chi connectivity index (χ2v) is 7.23. The first kappa shape index (κ1) is 20.6. The highest BCUT2D eigenvalue weighted by molar-refractivity contribution is 5.78. The third-order valence-electron chi connectivity index (χ3n) is 4.89. The summed E-state index contributed by atoms with van der Waals surface area (Å²) in [5, 5.41) is 2.94. The summed E-state index contributed by atoms with van der Waals surface area (Å²) < 4.78 is 22.5. The van der Waals surface area contributed by atoms with Crippen LogP contribution in [-0.2, 0) is 11.4 Å². The first-order chi connectivity index (χ1) is 15.2. The fourth-order valence-electron chi connectivity index (χ4n) is 3.22. The van der Waals surface area contributed by atoms with Crippen LogP contribution in [0.5, 0.6) is 23.0 Å². The van der Waals surface area contributed by atoms with Crippen LogP contribution in [-0.4, -0.2) is 25.7 Å². The zero-order valence-corrected chi connectivity index (χ0v) is 17.4. The predicted octanol–water partition coefficient (Wildman–Crippen LogP) is 4.29. The van der Waals surface area contributed by atoms with E-state index in [9.17, 15) is 4.79 Å². The molecule has 0 aromatic heterocycles. The number of carbonyl (C=O) groups excluding carboxylic acids is 1. The van der Waals surface area contributed by atoms with Crippen LogP contribution in [0.2, 0.25) is 0 Å². The number of rotatable bonds is 8. The molecule has 0 aliphatic carbocycles. The normalized spacial score (nSPS) is 13.2. The van der Waals surface area contributed by atoms with Crippen molar-refractivity contribution in [1.82, 2.24) is 5.32 Å². The standard InChI is InChI=1S/C25H25NO5/c1-18(20-7-12-23-24(15-20)29-14-13-28-23)26-25(27)17-31-22-10-8-21(9-11-22)30-16-19-5-3-2-4-6-19/h2-12,15,18H,13-14,16-17H2,1H3,(H,26,27). The van der Waals surface area contributed by atoms with Gasteiger partial charge in [0.25, 0.3) is 5.91 Å². The Labute approximate surface area is 181 Å². The van der Waals surface area contributed by atoms with Crippen LogP contribution in [0, 0.1) is 0 Å². The highest BCUT2D eigenvalue weighted by Crippen LogP contribution is 2.32. The number of fused-ring (bicyclic) bond motifs is 1. The molecule has 1 aliphatic heterocycles. The molecule has 4 rings (SSSR count). The Morgan fingerprint density at radius 1 is 0.903 bits per heavy atom. The molecule has 0 saturated carbocycles. The van der Waals surface area contributed by atoms with Crippen LogP contribution in [0.25, 0.3) is 0 Å². The lowest BCUT2D eigenvalue weighted by Gasteiger charge is -2.21. The Morgan fingerprint density at radius 3 is 2.32 bits per heavy atom. The van der Waals surface area contributed by atoms with Gasteiger partial charge in [0, 0.05) is 0 Å². The minimum atomic E-state index is -0.202. The maximum Gasteiger partial charge on any atom is 0.258 e. The average Bonchev–Trinajstić information content (AvgIpc) is 2.82. The summed E-state index contributed by atoms with van der Waals surface area (Å²) in [6, 6.07) is 22.7. The monoisotopic (exact) mass is 419 g/mol. The molecule has 3 aromatic rings. The first-order valence-corrected chi connectivity index (χ1v) is 10.3. The molecule has 3 aromatic carbocycles. The predicted molar refractivity (Wildman–Crippen MR) is 117 cm³/mol. The van der Waals surface area contributed by atoms with Gasteiger partial charge >= 0.3 is 0 Å². The quantitative estimate of drug-likeness (QED) is 0.590. The highest BCUT2D eigenvalue weighted by atomic mass is 16.6. The van der Waals surface area contributed by atoms with Crippen LogP contribution in [0.4, 0.5) is 0 Å². The lowest BCUT2D eigenvalue weighted by atomic mass is 10.1. The van der Waals surface area contributed by atoms with Crippen molar-refractivity contribution in [2.75, 3.05) is 19.8 Å². The smallest absolute Gasteiger partial charge is 0.258 e. The molecule has 1 N–H and O–H groups in total. The second kappa shape index (κ2) is 9.89. The highest BCUT2D eigenvalue weighted by Gasteiger charge is 2.16. The van der Waals surface area contributed by atoms with E-state index in [-0.39, 0.29) is 18.6 Å².